The van der Waals surface area contributed by atoms with Gasteiger partial charge in [0.2, 0.25) is 0 Å². The van der Waals surface area contributed by atoms with Crippen molar-refractivity contribution in [3.63, 3.8) is 0 Å². The summed E-state index contributed by atoms with van der Waals surface area (Å²) < 4.78 is 10.1. The molecule has 18 heavy (non-hydrogen) atoms. The molecule has 1 aromatic rings. The molecule has 0 saturated carbocycles. The highest BCUT2D eigenvalue weighted by molar-refractivity contribution is 6.43. The maximum absolute atomic E-state index is 11.9. The van der Waals surface area contributed by atoms with Gasteiger partial charge in [-0.3, -0.25) is 9.59 Å². The minimum absolute atomic E-state index is 0.0920. The predicted octanol–water partition coefficient (Wildman–Crippen LogP) is 1.41. The molecule has 0 fully saturated rings. The molecule has 98 valence electrons. The summed E-state index contributed by atoms with van der Waals surface area (Å²) in [6, 6.07) is 4.60. The molecule has 1 amide bonds. The van der Waals surface area contributed by atoms with Crippen LogP contribution < -0.4 is 14.8 Å². The van der Waals surface area contributed by atoms with Gasteiger partial charge in [0.05, 0.1) is 19.8 Å². The minimum Gasteiger partial charge on any atom is -0.497 e. The Morgan fingerprint density at radius 1 is 1.17 bits per heavy atom. The topological polar surface area (TPSA) is 64.6 Å². The molecule has 1 rings (SSSR count). The van der Waals surface area contributed by atoms with Crippen molar-refractivity contribution in [2.75, 3.05) is 14.2 Å². The Kier molecular flexibility index (Phi) is 4.71. The van der Waals surface area contributed by atoms with Gasteiger partial charge in [0.15, 0.2) is 0 Å². The average molecular weight is 251 g/mol. The van der Waals surface area contributed by atoms with Crippen LogP contribution in [-0.4, -0.2) is 32.0 Å². The lowest BCUT2D eigenvalue weighted by molar-refractivity contribution is -0.117. The summed E-state index contributed by atoms with van der Waals surface area (Å²) in [5, 5.41) is 2.55. The van der Waals surface area contributed by atoms with E-state index in [2.05, 4.69) is 5.32 Å². The number of methoxy groups -OCH3 is 2. The Morgan fingerprint density at radius 3 is 2.33 bits per heavy atom. The largest absolute Gasteiger partial charge is 0.497 e. The van der Waals surface area contributed by atoms with Crippen molar-refractivity contribution in [2.24, 2.45) is 0 Å². The number of carbonyl (C=O) groups excluding carboxylic acids is 2. The predicted molar refractivity (Wildman–Crippen MR) is 67.2 cm³/mol. The maximum atomic E-state index is 11.9. The monoisotopic (exact) mass is 251 g/mol. The number of amides is 1. The van der Waals surface area contributed by atoms with Gasteiger partial charge in [0.25, 0.3) is 11.7 Å². The van der Waals surface area contributed by atoms with Crippen LogP contribution in [0.3, 0.4) is 0 Å². The van der Waals surface area contributed by atoms with E-state index in [-0.39, 0.29) is 11.6 Å². The molecule has 0 aliphatic heterocycles. The summed E-state index contributed by atoms with van der Waals surface area (Å²) in [6.07, 6.45) is 0. The summed E-state index contributed by atoms with van der Waals surface area (Å²) in [6.45, 7) is 3.58. The second-order valence-corrected chi connectivity index (χ2v) is 4.02. The zero-order chi connectivity index (χ0) is 13.7. The number of rotatable bonds is 5. The molecule has 0 saturated heterocycles. The van der Waals surface area contributed by atoms with Gasteiger partial charge in [0.1, 0.15) is 11.5 Å². The van der Waals surface area contributed by atoms with E-state index in [1.54, 1.807) is 26.0 Å². The van der Waals surface area contributed by atoms with E-state index in [0.29, 0.717) is 11.5 Å². The first-order chi connectivity index (χ1) is 8.49. The smallest absolute Gasteiger partial charge is 0.292 e. The summed E-state index contributed by atoms with van der Waals surface area (Å²) in [5.41, 5.74) is 0.219. The molecular formula is C13H17NO4. The Hall–Kier alpha value is -2.04. The summed E-state index contributed by atoms with van der Waals surface area (Å²) >= 11 is 0. The number of nitrogens with one attached hydrogen (secondary N) is 1. The molecule has 0 aromatic heterocycles. The highest BCUT2D eigenvalue weighted by Gasteiger charge is 2.21. The molecule has 0 atom stereocenters. The van der Waals surface area contributed by atoms with Crippen molar-refractivity contribution in [3.8, 4) is 11.5 Å². The quantitative estimate of drug-likeness (QED) is 0.635. The molecule has 1 N–H and O–H groups in total. The number of benzene rings is 1. The van der Waals surface area contributed by atoms with Crippen molar-refractivity contribution >= 4 is 11.7 Å². The van der Waals surface area contributed by atoms with Crippen molar-refractivity contribution in [1.82, 2.24) is 5.32 Å². The lowest BCUT2D eigenvalue weighted by Crippen LogP contribution is -2.36. The van der Waals surface area contributed by atoms with Gasteiger partial charge in [-0.25, -0.2) is 0 Å². The molecule has 0 aliphatic rings. The minimum atomic E-state index is -0.645. The fourth-order valence-electron chi connectivity index (χ4n) is 1.44. The van der Waals surface area contributed by atoms with Crippen LogP contribution in [0, 0.1) is 0 Å². The first-order valence-electron chi connectivity index (χ1n) is 5.56. The van der Waals surface area contributed by atoms with Crippen LogP contribution in [0.5, 0.6) is 11.5 Å². The Bertz CT molecular complexity index is 454. The number of hydrogen-bond donors (Lipinski definition) is 1. The Morgan fingerprint density at radius 2 is 1.83 bits per heavy atom. The van der Waals surface area contributed by atoms with Crippen LogP contribution in [0.25, 0.3) is 0 Å². The summed E-state index contributed by atoms with van der Waals surface area (Å²) in [4.78, 5) is 23.6. The van der Waals surface area contributed by atoms with E-state index in [9.17, 15) is 9.59 Å². The van der Waals surface area contributed by atoms with Crippen LogP contribution in [0.15, 0.2) is 18.2 Å². The van der Waals surface area contributed by atoms with Crippen molar-refractivity contribution in [2.45, 2.75) is 19.9 Å². The van der Waals surface area contributed by atoms with Gasteiger partial charge in [-0.2, -0.15) is 0 Å². The normalized spacial score (nSPS) is 10.1. The third kappa shape index (κ3) is 3.23. The second kappa shape index (κ2) is 6.05. The molecule has 0 aliphatic carbocycles. The molecule has 1 aromatic carbocycles. The lowest BCUT2D eigenvalue weighted by Gasteiger charge is -2.11. The van der Waals surface area contributed by atoms with Gasteiger partial charge >= 0.3 is 0 Å². The zero-order valence-electron chi connectivity index (χ0n) is 10.9. The van der Waals surface area contributed by atoms with Gasteiger partial charge in [0, 0.05) is 12.1 Å². The van der Waals surface area contributed by atoms with Crippen molar-refractivity contribution in [3.05, 3.63) is 23.8 Å². The summed E-state index contributed by atoms with van der Waals surface area (Å²) in [7, 11) is 2.95. The maximum Gasteiger partial charge on any atom is 0.292 e. The number of hydrogen-bond acceptors (Lipinski definition) is 4. The van der Waals surface area contributed by atoms with Crippen molar-refractivity contribution < 1.29 is 19.1 Å². The zero-order valence-corrected chi connectivity index (χ0v) is 10.9. The number of carbonyl (C=O) groups is 2. The van der Waals surface area contributed by atoms with E-state index in [1.807, 2.05) is 0 Å². The van der Waals surface area contributed by atoms with Gasteiger partial charge in [-0.05, 0) is 26.0 Å². The molecule has 0 heterocycles. The molecule has 0 unspecified atom stereocenters. The lowest BCUT2D eigenvalue weighted by atomic mass is 10.1. The van der Waals surface area contributed by atoms with E-state index in [1.165, 1.54) is 20.3 Å². The van der Waals surface area contributed by atoms with Crippen LogP contribution in [0.4, 0.5) is 0 Å². The summed E-state index contributed by atoms with van der Waals surface area (Å²) in [5.74, 6) is -0.386. The molecule has 5 heteroatoms. The number of ether oxygens (including phenoxy) is 2. The molecule has 0 radical (unpaired) electrons. The second-order valence-electron chi connectivity index (χ2n) is 4.02. The number of Topliss-reactive ketones (excluding diaryl/α,β-unsaturated/α-hetero) is 1. The van der Waals surface area contributed by atoms with E-state index >= 15 is 0 Å². The van der Waals surface area contributed by atoms with Gasteiger partial charge < -0.3 is 14.8 Å². The van der Waals surface area contributed by atoms with Crippen molar-refractivity contribution in [1.29, 1.82) is 0 Å². The molecular weight excluding hydrogens is 234 g/mol. The highest BCUT2D eigenvalue weighted by Crippen LogP contribution is 2.24. The Balaban J connectivity index is 3.01. The Labute approximate surface area is 106 Å². The number of ketones is 1. The fourth-order valence-corrected chi connectivity index (χ4v) is 1.44. The molecule has 0 bridgehead atoms. The molecule has 5 nitrogen and oxygen atoms in total. The van der Waals surface area contributed by atoms with Crippen LogP contribution in [0.2, 0.25) is 0 Å². The van der Waals surface area contributed by atoms with E-state index in [0.717, 1.165) is 0 Å². The fraction of sp³-hybridized carbons (Fsp3) is 0.385. The first kappa shape index (κ1) is 14.0. The molecule has 0 spiro atoms. The third-order valence-electron chi connectivity index (χ3n) is 2.28. The SMILES string of the molecule is COc1ccc(C(=O)C(=O)NC(C)C)c(OC)c1. The van der Waals surface area contributed by atoms with Crippen LogP contribution in [0.1, 0.15) is 24.2 Å². The van der Waals surface area contributed by atoms with Crippen LogP contribution >= 0.6 is 0 Å². The first-order valence-corrected chi connectivity index (χ1v) is 5.56. The van der Waals surface area contributed by atoms with Crippen LogP contribution in [-0.2, 0) is 4.79 Å². The van der Waals surface area contributed by atoms with Gasteiger partial charge in [-0.1, -0.05) is 0 Å². The van der Waals surface area contributed by atoms with E-state index < -0.39 is 11.7 Å². The standard InChI is InChI=1S/C13H17NO4/c1-8(2)14-13(16)12(15)10-6-5-9(17-3)7-11(10)18-4/h5-8H,1-4H3,(H,14,16). The third-order valence-corrected chi connectivity index (χ3v) is 2.28. The average Bonchev–Trinajstić information content (AvgIpc) is 2.36. The van der Waals surface area contributed by atoms with E-state index in [4.69, 9.17) is 9.47 Å². The van der Waals surface area contributed by atoms with Gasteiger partial charge in [-0.15, -0.1) is 0 Å². The highest BCUT2D eigenvalue weighted by atomic mass is 16.5.